The number of hydrogen-bond donors (Lipinski definition) is 1. The highest BCUT2D eigenvalue weighted by Gasteiger charge is 2.46. The number of carbonyl (C=O) groups excluding carboxylic acids is 2. The number of ether oxygens (including phenoxy) is 1. The largest absolute Gasteiger partial charge is 0.507 e. The minimum absolute atomic E-state index is 0.0239. The molecule has 1 N–H and O–H groups in total. The first-order chi connectivity index (χ1) is 15.5. The van der Waals surface area contributed by atoms with Crippen LogP contribution in [0.4, 0.5) is 4.39 Å². The lowest BCUT2D eigenvalue weighted by molar-refractivity contribution is -0.140. The van der Waals surface area contributed by atoms with Gasteiger partial charge in [0.15, 0.2) is 0 Å². The van der Waals surface area contributed by atoms with E-state index >= 15 is 0 Å². The van der Waals surface area contributed by atoms with Crippen molar-refractivity contribution in [2.75, 3.05) is 6.61 Å². The number of aliphatic hydroxyl groups is 1. The van der Waals surface area contributed by atoms with E-state index in [1.54, 1.807) is 36.4 Å². The Hall–Kier alpha value is -3.87. The van der Waals surface area contributed by atoms with Crippen molar-refractivity contribution in [3.05, 3.63) is 95.2 Å². The molecule has 0 bridgehead atoms. The summed E-state index contributed by atoms with van der Waals surface area (Å²) < 4.78 is 24.5. The zero-order valence-corrected chi connectivity index (χ0v) is 17.5. The number of benzene rings is 2. The number of hydrogen-bond acceptors (Lipinski definition) is 5. The van der Waals surface area contributed by atoms with Crippen LogP contribution in [0.15, 0.2) is 76.9 Å². The molecule has 1 unspecified atom stereocenters. The molecule has 7 heteroatoms. The number of amides is 1. The van der Waals surface area contributed by atoms with Gasteiger partial charge >= 0.3 is 0 Å². The maximum absolute atomic E-state index is 13.6. The Morgan fingerprint density at radius 3 is 2.59 bits per heavy atom. The third kappa shape index (κ3) is 4.14. The molecule has 0 saturated carbocycles. The maximum Gasteiger partial charge on any atom is 0.296 e. The quantitative estimate of drug-likeness (QED) is 0.327. The van der Waals surface area contributed by atoms with Gasteiger partial charge in [0, 0.05) is 5.56 Å². The topological polar surface area (TPSA) is 80.0 Å². The van der Waals surface area contributed by atoms with Crippen molar-refractivity contribution in [1.29, 1.82) is 0 Å². The van der Waals surface area contributed by atoms with Gasteiger partial charge in [-0.3, -0.25) is 9.59 Å². The molecule has 2 heterocycles. The molecule has 3 aromatic rings. The Morgan fingerprint density at radius 1 is 1.12 bits per heavy atom. The first-order valence-electron chi connectivity index (χ1n) is 10.3. The minimum atomic E-state index is -0.902. The Kier molecular flexibility index (Phi) is 6.07. The summed E-state index contributed by atoms with van der Waals surface area (Å²) in [4.78, 5) is 27.3. The molecule has 1 saturated heterocycles. The van der Waals surface area contributed by atoms with Crippen LogP contribution in [0.25, 0.3) is 5.76 Å². The van der Waals surface area contributed by atoms with Crippen molar-refractivity contribution < 1.29 is 28.2 Å². The first-order valence-corrected chi connectivity index (χ1v) is 10.3. The Labute approximate surface area is 184 Å². The second-order valence-corrected chi connectivity index (χ2v) is 7.43. The van der Waals surface area contributed by atoms with Crippen LogP contribution in [0.5, 0.6) is 5.75 Å². The highest BCUT2D eigenvalue weighted by molar-refractivity contribution is 6.46. The lowest BCUT2D eigenvalue weighted by Gasteiger charge is -2.24. The number of ketones is 1. The van der Waals surface area contributed by atoms with Crippen LogP contribution in [0.3, 0.4) is 0 Å². The summed E-state index contributed by atoms with van der Waals surface area (Å²) in [5.74, 6) is -1.33. The van der Waals surface area contributed by atoms with Crippen molar-refractivity contribution in [3.63, 3.8) is 0 Å². The minimum Gasteiger partial charge on any atom is -0.507 e. The van der Waals surface area contributed by atoms with E-state index in [9.17, 15) is 19.1 Å². The van der Waals surface area contributed by atoms with Gasteiger partial charge in [0.1, 0.15) is 23.1 Å². The highest BCUT2D eigenvalue weighted by atomic mass is 19.1. The molecule has 0 spiro atoms. The van der Waals surface area contributed by atoms with Gasteiger partial charge < -0.3 is 19.2 Å². The zero-order chi connectivity index (χ0) is 22.7. The maximum atomic E-state index is 13.6. The number of halogens is 1. The van der Waals surface area contributed by atoms with E-state index in [1.807, 2.05) is 6.92 Å². The van der Waals surface area contributed by atoms with Gasteiger partial charge in [-0.05, 0) is 48.4 Å². The van der Waals surface area contributed by atoms with Gasteiger partial charge in [0.05, 0.1) is 31.0 Å². The summed E-state index contributed by atoms with van der Waals surface area (Å²) in [6.45, 7) is 2.51. The van der Waals surface area contributed by atoms with Crippen LogP contribution in [-0.2, 0) is 16.1 Å². The lowest BCUT2D eigenvalue weighted by Crippen LogP contribution is -2.29. The fourth-order valence-electron chi connectivity index (χ4n) is 3.71. The molecular weight excluding hydrogens is 413 g/mol. The van der Waals surface area contributed by atoms with E-state index in [1.165, 1.54) is 35.4 Å². The van der Waals surface area contributed by atoms with E-state index in [2.05, 4.69) is 0 Å². The molecule has 6 nitrogen and oxygen atoms in total. The predicted octanol–water partition coefficient (Wildman–Crippen LogP) is 4.83. The van der Waals surface area contributed by atoms with Crippen LogP contribution in [0.2, 0.25) is 0 Å². The van der Waals surface area contributed by atoms with Gasteiger partial charge in [-0.2, -0.15) is 0 Å². The number of nitrogens with zero attached hydrogens (tertiary/aromatic N) is 1. The smallest absolute Gasteiger partial charge is 0.296 e. The van der Waals surface area contributed by atoms with Crippen LogP contribution < -0.4 is 4.74 Å². The number of furan rings is 1. The average molecular weight is 435 g/mol. The fraction of sp³-hybridized carbons (Fsp3) is 0.200. The normalized spacial score (nSPS) is 17.7. The molecule has 1 aliphatic rings. The van der Waals surface area contributed by atoms with Gasteiger partial charge in [0.2, 0.25) is 0 Å². The van der Waals surface area contributed by atoms with E-state index < -0.39 is 23.5 Å². The molecule has 1 amide bonds. The second-order valence-electron chi connectivity index (χ2n) is 7.43. The molecule has 32 heavy (non-hydrogen) atoms. The van der Waals surface area contributed by atoms with Crippen LogP contribution in [0, 0.1) is 5.82 Å². The number of Topliss-reactive ketones (excluding diaryl/α,β-unsaturated/α-hetero) is 1. The fourth-order valence-corrected chi connectivity index (χ4v) is 3.71. The summed E-state index contributed by atoms with van der Waals surface area (Å²) in [6, 6.07) is 14.7. The monoisotopic (exact) mass is 435 g/mol. The summed E-state index contributed by atoms with van der Waals surface area (Å²) in [5.41, 5.74) is 0.777. The Balaban J connectivity index is 1.81. The van der Waals surface area contributed by atoms with Crippen LogP contribution >= 0.6 is 0 Å². The van der Waals surface area contributed by atoms with Crippen LogP contribution in [-0.4, -0.2) is 28.3 Å². The zero-order valence-electron chi connectivity index (χ0n) is 17.5. The van der Waals surface area contributed by atoms with Crippen molar-refractivity contribution in [2.24, 2.45) is 0 Å². The molecular formula is C25H22FNO5. The molecule has 4 rings (SSSR count). The standard InChI is InChI=1S/C25H22FNO5/c1-2-12-31-19-6-3-5-17(14-19)23(28)21-22(16-8-10-18(26)11-9-16)27(25(30)24(21)29)15-20-7-4-13-32-20/h3-11,13-14,22,28H,2,12,15H2,1H3/b23-21+. The molecule has 1 aromatic heterocycles. The number of aliphatic hydroxyl groups excluding tert-OH is 1. The molecule has 2 aromatic carbocycles. The molecule has 0 aliphatic carbocycles. The lowest BCUT2D eigenvalue weighted by atomic mass is 9.95. The van der Waals surface area contributed by atoms with Crippen molar-refractivity contribution >= 4 is 17.4 Å². The molecule has 1 aliphatic heterocycles. The molecule has 1 fully saturated rings. The van der Waals surface area contributed by atoms with Crippen molar-refractivity contribution in [3.8, 4) is 5.75 Å². The average Bonchev–Trinajstić information content (AvgIpc) is 3.40. The third-order valence-electron chi connectivity index (χ3n) is 5.21. The van der Waals surface area contributed by atoms with E-state index in [4.69, 9.17) is 9.15 Å². The summed E-state index contributed by atoms with van der Waals surface area (Å²) in [7, 11) is 0. The second kappa shape index (κ2) is 9.09. The number of rotatable bonds is 7. The van der Waals surface area contributed by atoms with Crippen LogP contribution in [0.1, 0.15) is 36.3 Å². The highest BCUT2D eigenvalue weighted by Crippen LogP contribution is 2.40. The Morgan fingerprint density at radius 2 is 1.91 bits per heavy atom. The molecule has 164 valence electrons. The van der Waals surface area contributed by atoms with E-state index in [-0.39, 0.29) is 17.9 Å². The SMILES string of the molecule is CCCOc1cccc(/C(O)=C2\C(=O)C(=O)N(Cc3ccco3)C2c2ccc(F)cc2)c1. The van der Waals surface area contributed by atoms with Gasteiger partial charge in [0.25, 0.3) is 11.7 Å². The number of carbonyl (C=O) groups is 2. The summed E-state index contributed by atoms with van der Waals surface area (Å²) in [5, 5.41) is 11.1. The summed E-state index contributed by atoms with van der Waals surface area (Å²) in [6.07, 6.45) is 2.29. The third-order valence-corrected chi connectivity index (χ3v) is 5.21. The predicted molar refractivity (Wildman–Crippen MR) is 115 cm³/mol. The van der Waals surface area contributed by atoms with Gasteiger partial charge in [-0.15, -0.1) is 0 Å². The molecule has 1 atom stereocenters. The number of likely N-dealkylation sites (tertiary alicyclic amines) is 1. The molecule has 0 radical (unpaired) electrons. The van der Waals surface area contributed by atoms with Gasteiger partial charge in [-0.1, -0.05) is 31.2 Å². The van der Waals surface area contributed by atoms with Gasteiger partial charge in [-0.25, -0.2) is 4.39 Å². The first kappa shape index (κ1) is 21.4. The van der Waals surface area contributed by atoms with E-state index in [0.29, 0.717) is 29.2 Å². The van der Waals surface area contributed by atoms with Crippen molar-refractivity contribution in [1.82, 2.24) is 4.90 Å². The van der Waals surface area contributed by atoms with Crippen molar-refractivity contribution in [2.45, 2.75) is 25.9 Å². The van der Waals surface area contributed by atoms with E-state index in [0.717, 1.165) is 6.42 Å². The summed E-state index contributed by atoms with van der Waals surface area (Å²) >= 11 is 0. The Bertz CT molecular complexity index is 1150.